The van der Waals surface area contributed by atoms with Gasteiger partial charge in [0.25, 0.3) is 0 Å². The molecular weight excluding hydrogens is 445 g/mol. The number of hydrogen-bond donors (Lipinski definition) is 0. The Morgan fingerprint density at radius 1 is 1.09 bits per heavy atom. The Kier molecular flexibility index (Phi) is 4.66. The van der Waals surface area contributed by atoms with Crippen LogP contribution in [-0.4, -0.2) is 44.8 Å². The molecule has 22 heavy (non-hydrogen) atoms. The van der Waals surface area contributed by atoms with E-state index in [1.54, 1.807) is 0 Å². The molecule has 0 atom stereocenters. The fourth-order valence-corrected chi connectivity index (χ4v) is 6.65. The molecule has 3 rings (SSSR count). The van der Waals surface area contributed by atoms with E-state index in [4.69, 9.17) is 9.47 Å². The number of halogens is 3. The Morgan fingerprint density at radius 2 is 1.59 bits per heavy atom. The molecule has 2 fully saturated rings. The number of ether oxygens (including phenoxy) is 2. The highest BCUT2D eigenvalue weighted by molar-refractivity contribution is 9.11. The molecule has 122 valence electrons. The van der Waals surface area contributed by atoms with Gasteiger partial charge in [-0.2, -0.15) is 4.31 Å². The van der Waals surface area contributed by atoms with E-state index in [9.17, 15) is 12.8 Å². The number of benzene rings is 1. The molecule has 1 aromatic carbocycles. The Balaban J connectivity index is 1.86. The standard InChI is InChI=1S/C13H14Br2FNO4S/c14-10-7-9(16)8-11(15)12(10)22(18,19)17-3-1-13(2-4-17)20-5-6-21-13/h7-8H,1-6H2. The summed E-state index contributed by atoms with van der Waals surface area (Å²) < 4.78 is 51.9. The predicted molar refractivity (Wildman–Crippen MR) is 84.4 cm³/mol. The first-order chi connectivity index (χ1) is 10.3. The van der Waals surface area contributed by atoms with Crippen molar-refractivity contribution in [3.8, 4) is 0 Å². The molecule has 2 saturated heterocycles. The average molecular weight is 459 g/mol. The lowest BCUT2D eigenvalue weighted by Crippen LogP contribution is -2.47. The largest absolute Gasteiger partial charge is 0.347 e. The van der Waals surface area contributed by atoms with Crippen molar-refractivity contribution in [1.29, 1.82) is 0 Å². The average Bonchev–Trinajstić information content (AvgIpc) is 2.86. The van der Waals surface area contributed by atoms with Crippen LogP contribution in [0, 0.1) is 5.82 Å². The van der Waals surface area contributed by atoms with Crippen molar-refractivity contribution >= 4 is 41.9 Å². The van der Waals surface area contributed by atoms with Gasteiger partial charge in [-0.25, -0.2) is 12.8 Å². The molecule has 2 aliphatic rings. The summed E-state index contributed by atoms with van der Waals surface area (Å²) in [6, 6.07) is 2.29. The molecule has 0 aliphatic carbocycles. The van der Waals surface area contributed by atoms with Crippen molar-refractivity contribution in [2.75, 3.05) is 26.3 Å². The van der Waals surface area contributed by atoms with E-state index in [0.29, 0.717) is 39.1 Å². The molecular formula is C13H14Br2FNO4S. The van der Waals surface area contributed by atoms with E-state index in [0.717, 1.165) is 12.1 Å². The first-order valence-electron chi connectivity index (χ1n) is 6.77. The first kappa shape index (κ1) is 16.8. The zero-order valence-electron chi connectivity index (χ0n) is 11.5. The van der Waals surface area contributed by atoms with Gasteiger partial charge in [0.1, 0.15) is 10.7 Å². The van der Waals surface area contributed by atoms with Gasteiger partial charge in [0.2, 0.25) is 10.0 Å². The van der Waals surface area contributed by atoms with Crippen molar-refractivity contribution in [2.45, 2.75) is 23.5 Å². The third-order valence-electron chi connectivity index (χ3n) is 3.86. The second kappa shape index (κ2) is 6.10. The second-order valence-electron chi connectivity index (χ2n) is 5.21. The van der Waals surface area contributed by atoms with E-state index in [-0.39, 0.29) is 13.8 Å². The Bertz CT molecular complexity index is 658. The van der Waals surface area contributed by atoms with Crippen molar-refractivity contribution in [2.24, 2.45) is 0 Å². The van der Waals surface area contributed by atoms with E-state index >= 15 is 0 Å². The summed E-state index contributed by atoms with van der Waals surface area (Å²) in [6.07, 6.45) is 0.978. The molecule has 2 aliphatic heterocycles. The van der Waals surface area contributed by atoms with E-state index in [1.165, 1.54) is 4.31 Å². The normalized spacial score (nSPS) is 22.3. The zero-order chi connectivity index (χ0) is 16.0. The zero-order valence-corrected chi connectivity index (χ0v) is 15.5. The molecule has 0 bridgehead atoms. The van der Waals surface area contributed by atoms with Crippen molar-refractivity contribution in [1.82, 2.24) is 4.31 Å². The van der Waals surface area contributed by atoms with Crippen LogP contribution in [0.5, 0.6) is 0 Å². The van der Waals surface area contributed by atoms with Gasteiger partial charge in [-0.1, -0.05) is 0 Å². The maximum atomic E-state index is 13.3. The fraction of sp³-hybridized carbons (Fsp3) is 0.538. The molecule has 0 saturated carbocycles. The molecule has 0 N–H and O–H groups in total. The number of sulfonamides is 1. The highest BCUT2D eigenvalue weighted by Crippen LogP contribution is 2.37. The van der Waals surface area contributed by atoms with E-state index in [1.807, 2.05) is 0 Å². The first-order valence-corrected chi connectivity index (χ1v) is 9.79. The van der Waals surface area contributed by atoms with Crippen LogP contribution in [0.25, 0.3) is 0 Å². The van der Waals surface area contributed by atoms with Crippen molar-refractivity contribution in [3.63, 3.8) is 0 Å². The van der Waals surface area contributed by atoms with Crippen LogP contribution in [0.2, 0.25) is 0 Å². The number of hydrogen-bond acceptors (Lipinski definition) is 4. The minimum atomic E-state index is -3.72. The Labute approximate surface area is 145 Å². The minimum Gasteiger partial charge on any atom is -0.347 e. The number of rotatable bonds is 2. The summed E-state index contributed by atoms with van der Waals surface area (Å²) in [7, 11) is -3.72. The van der Waals surface area contributed by atoms with Crippen LogP contribution in [0.1, 0.15) is 12.8 Å². The van der Waals surface area contributed by atoms with Gasteiger partial charge >= 0.3 is 0 Å². The van der Waals surface area contributed by atoms with Crippen LogP contribution in [-0.2, 0) is 19.5 Å². The van der Waals surface area contributed by atoms with Crippen molar-refractivity contribution < 1.29 is 22.3 Å². The van der Waals surface area contributed by atoms with E-state index in [2.05, 4.69) is 31.9 Å². The lowest BCUT2D eigenvalue weighted by atomic mass is 10.1. The van der Waals surface area contributed by atoms with Crippen molar-refractivity contribution in [3.05, 3.63) is 26.9 Å². The highest BCUT2D eigenvalue weighted by atomic mass is 79.9. The third-order valence-corrected chi connectivity index (χ3v) is 7.64. The second-order valence-corrected chi connectivity index (χ2v) is 8.79. The molecule has 0 unspecified atom stereocenters. The van der Waals surface area contributed by atoms with Crippen LogP contribution in [0.3, 0.4) is 0 Å². The lowest BCUT2D eigenvalue weighted by molar-refractivity contribution is -0.179. The number of piperidine rings is 1. The highest BCUT2D eigenvalue weighted by Gasteiger charge is 2.43. The summed E-state index contributed by atoms with van der Waals surface area (Å²) >= 11 is 6.27. The number of nitrogens with zero attached hydrogens (tertiary/aromatic N) is 1. The Morgan fingerprint density at radius 3 is 2.09 bits per heavy atom. The van der Waals surface area contributed by atoms with Gasteiger partial charge < -0.3 is 9.47 Å². The van der Waals surface area contributed by atoms with Crippen LogP contribution >= 0.6 is 31.9 Å². The molecule has 0 amide bonds. The van der Waals surface area contributed by atoms with Crippen LogP contribution in [0.4, 0.5) is 4.39 Å². The monoisotopic (exact) mass is 457 g/mol. The fourth-order valence-electron chi connectivity index (χ4n) is 2.76. The SMILES string of the molecule is O=S(=O)(c1c(Br)cc(F)cc1Br)N1CCC2(CC1)OCCO2. The van der Waals surface area contributed by atoms with E-state index < -0.39 is 21.6 Å². The quantitative estimate of drug-likeness (QED) is 0.683. The maximum absolute atomic E-state index is 13.3. The minimum absolute atomic E-state index is 0.0399. The molecule has 1 spiro atoms. The van der Waals surface area contributed by atoms with Gasteiger partial charge in [0.05, 0.1) is 13.2 Å². The van der Waals surface area contributed by atoms with Gasteiger partial charge in [-0.3, -0.25) is 0 Å². The molecule has 5 nitrogen and oxygen atoms in total. The summed E-state index contributed by atoms with van der Waals surface area (Å²) in [5.41, 5.74) is 0. The van der Waals surface area contributed by atoms with Gasteiger partial charge in [-0.05, 0) is 44.0 Å². The molecule has 1 aromatic rings. The molecule has 2 heterocycles. The smallest absolute Gasteiger partial charge is 0.245 e. The van der Waals surface area contributed by atoms with Gasteiger partial charge in [-0.15, -0.1) is 0 Å². The topological polar surface area (TPSA) is 55.8 Å². The summed E-state index contributed by atoms with van der Waals surface area (Å²) in [6.45, 7) is 1.70. The summed E-state index contributed by atoms with van der Waals surface area (Å²) in [4.78, 5) is 0.0399. The maximum Gasteiger partial charge on any atom is 0.245 e. The summed E-state index contributed by atoms with van der Waals surface area (Å²) in [5, 5.41) is 0. The third kappa shape index (κ3) is 2.99. The van der Waals surface area contributed by atoms with Crippen LogP contribution < -0.4 is 0 Å². The lowest BCUT2D eigenvalue weighted by Gasteiger charge is -2.37. The predicted octanol–water partition coefficient (Wildman–Crippen LogP) is 2.88. The Hall–Kier alpha value is -0.0600. The molecule has 0 radical (unpaired) electrons. The van der Waals surface area contributed by atoms with Gasteiger partial charge in [0, 0.05) is 34.9 Å². The molecule has 0 aromatic heterocycles. The molecule has 9 heteroatoms. The van der Waals surface area contributed by atoms with Crippen LogP contribution in [0.15, 0.2) is 26.0 Å². The summed E-state index contributed by atoms with van der Waals surface area (Å²) in [5.74, 6) is -1.15. The van der Waals surface area contributed by atoms with Gasteiger partial charge in [0.15, 0.2) is 5.79 Å².